The van der Waals surface area contributed by atoms with Gasteiger partial charge in [0, 0.05) is 6.08 Å². The third-order valence-electron chi connectivity index (χ3n) is 3.92. The number of carbonyl (C=O) groups excluding carboxylic acids is 2. The van der Waals surface area contributed by atoms with Crippen LogP contribution in [0.5, 0.6) is 5.75 Å². The van der Waals surface area contributed by atoms with Crippen molar-refractivity contribution in [3.63, 3.8) is 0 Å². The molecule has 0 aliphatic carbocycles. The number of carbonyl (C=O) groups is 2. The summed E-state index contributed by atoms with van der Waals surface area (Å²) in [5, 5.41) is 2.36. The van der Waals surface area contributed by atoms with Crippen LogP contribution in [-0.2, 0) is 9.59 Å². The Kier molecular flexibility index (Phi) is 8.23. The predicted molar refractivity (Wildman–Crippen MR) is 110 cm³/mol. The Labute approximate surface area is 169 Å². The largest absolute Gasteiger partial charge is 0.483 e. The minimum atomic E-state index is -0.457. The minimum Gasteiger partial charge on any atom is -0.483 e. The van der Waals surface area contributed by atoms with Gasteiger partial charge in [-0.1, -0.05) is 32.0 Å². The summed E-state index contributed by atoms with van der Waals surface area (Å²) in [6.45, 7) is 4.01. The normalized spacial score (nSPS) is 11.6. The van der Waals surface area contributed by atoms with Gasteiger partial charge in [0.25, 0.3) is 5.91 Å². The van der Waals surface area contributed by atoms with E-state index < -0.39 is 11.8 Å². The van der Waals surface area contributed by atoms with E-state index in [1.807, 2.05) is 24.3 Å². The van der Waals surface area contributed by atoms with E-state index >= 15 is 0 Å². The van der Waals surface area contributed by atoms with Crippen LogP contribution in [0.25, 0.3) is 6.08 Å². The summed E-state index contributed by atoms with van der Waals surface area (Å²) in [5.41, 5.74) is 5.88. The Morgan fingerprint density at radius 2 is 2.00 bits per heavy atom. The zero-order valence-electron chi connectivity index (χ0n) is 15.7. The molecule has 0 aliphatic heterocycles. The van der Waals surface area contributed by atoms with E-state index in [-0.39, 0.29) is 11.7 Å². The van der Waals surface area contributed by atoms with Crippen molar-refractivity contribution < 1.29 is 18.7 Å². The number of thiocarbonyl (C=S) groups is 1. The molecule has 0 saturated carbocycles. The van der Waals surface area contributed by atoms with Gasteiger partial charge < -0.3 is 9.15 Å². The average Bonchev–Trinajstić information content (AvgIpc) is 3.22. The lowest BCUT2D eigenvalue weighted by atomic mass is 9.98. The number of hydrazine groups is 1. The fourth-order valence-corrected chi connectivity index (χ4v) is 2.43. The van der Waals surface area contributed by atoms with Gasteiger partial charge in [-0.15, -0.1) is 0 Å². The fraction of sp³-hybridized carbons (Fsp3) is 0.250. The molecule has 2 aromatic rings. The number of hydrogen-bond donors (Lipinski definition) is 3. The Hall–Kier alpha value is -3.13. The molecule has 0 spiro atoms. The lowest BCUT2D eigenvalue weighted by Gasteiger charge is -2.16. The molecule has 1 atom stereocenters. The van der Waals surface area contributed by atoms with E-state index in [0.717, 1.165) is 12.0 Å². The van der Waals surface area contributed by atoms with Gasteiger partial charge in [0.05, 0.1) is 6.26 Å². The summed E-state index contributed by atoms with van der Waals surface area (Å²) in [6.07, 6.45) is 5.24. The predicted octanol–water partition coefficient (Wildman–Crippen LogP) is 2.91. The highest BCUT2D eigenvalue weighted by Gasteiger charge is 2.11. The summed E-state index contributed by atoms with van der Waals surface area (Å²) >= 11 is 4.96. The molecular weight excluding hydrogens is 378 g/mol. The minimum absolute atomic E-state index is 0.0394. The number of furan rings is 1. The van der Waals surface area contributed by atoms with Crippen molar-refractivity contribution in [2.75, 3.05) is 6.61 Å². The first kappa shape index (κ1) is 21.2. The third-order valence-corrected chi connectivity index (χ3v) is 4.12. The van der Waals surface area contributed by atoms with Gasteiger partial charge >= 0.3 is 0 Å². The van der Waals surface area contributed by atoms with Crippen molar-refractivity contribution in [1.29, 1.82) is 0 Å². The van der Waals surface area contributed by atoms with E-state index in [2.05, 4.69) is 30.0 Å². The molecule has 1 heterocycles. The summed E-state index contributed by atoms with van der Waals surface area (Å²) in [6, 6.07) is 11.0. The van der Waals surface area contributed by atoms with Crippen LogP contribution in [0.1, 0.15) is 37.5 Å². The van der Waals surface area contributed by atoms with E-state index in [9.17, 15) is 9.59 Å². The topological polar surface area (TPSA) is 92.6 Å². The van der Waals surface area contributed by atoms with E-state index in [0.29, 0.717) is 17.4 Å². The Morgan fingerprint density at radius 1 is 1.21 bits per heavy atom. The zero-order valence-corrected chi connectivity index (χ0v) is 16.5. The highest BCUT2D eigenvalue weighted by molar-refractivity contribution is 7.80. The van der Waals surface area contributed by atoms with Gasteiger partial charge in [-0.25, -0.2) is 0 Å². The Bertz CT molecular complexity index is 834. The number of hydrogen-bond acceptors (Lipinski definition) is 5. The highest BCUT2D eigenvalue weighted by atomic mass is 32.1. The van der Waals surface area contributed by atoms with Crippen LogP contribution >= 0.6 is 12.2 Å². The highest BCUT2D eigenvalue weighted by Crippen LogP contribution is 2.28. The molecule has 148 valence electrons. The number of amides is 2. The van der Waals surface area contributed by atoms with Gasteiger partial charge in [0.1, 0.15) is 11.5 Å². The van der Waals surface area contributed by atoms with Gasteiger partial charge in [-0.05, 0) is 54.4 Å². The average molecular weight is 401 g/mol. The van der Waals surface area contributed by atoms with Gasteiger partial charge in [0.15, 0.2) is 11.7 Å². The third kappa shape index (κ3) is 6.88. The molecule has 2 rings (SSSR count). The molecule has 0 bridgehead atoms. The standard InChI is InChI=1S/C20H23N3O4S/c1-3-14(2)16-8-4-5-9-17(16)27-13-19(25)22-23-20(28)21-18(24)11-10-15-7-6-12-26-15/h4-12,14H,3,13H2,1-2H3,(H,22,25)(H2,21,23,24,28). The first-order valence-corrected chi connectivity index (χ1v) is 9.23. The van der Waals surface area contributed by atoms with E-state index in [1.165, 1.54) is 18.4 Å². The monoisotopic (exact) mass is 401 g/mol. The van der Waals surface area contributed by atoms with Crippen LogP contribution in [-0.4, -0.2) is 23.5 Å². The Balaban J connectivity index is 1.73. The molecule has 8 heteroatoms. The summed E-state index contributed by atoms with van der Waals surface area (Å²) in [4.78, 5) is 23.7. The van der Waals surface area contributed by atoms with Crippen LogP contribution in [0.3, 0.4) is 0 Å². The molecule has 1 aromatic carbocycles. The maximum absolute atomic E-state index is 11.9. The van der Waals surface area contributed by atoms with E-state index in [1.54, 1.807) is 12.1 Å². The van der Waals surface area contributed by atoms with Crippen molar-refractivity contribution in [2.24, 2.45) is 0 Å². The second-order valence-electron chi connectivity index (χ2n) is 5.98. The molecule has 1 unspecified atom stereocenters. The van der Waals surface area contributed by atoms with Gasteiger partial charge in [0.2, 0.25) is 5.91 Å². The lowest BCUT2D eigenvalue weighted by molar-refractivity contribution is -0.123. The molecule has 0 radical (unpaired) electrons. The molecule has 28 heavy (non-hydrogen) atoms. The van der Waals surface area contributed by atoms with Crippen molar-refractivity contribution in [3.05, 3.63) is 60.1 Å². The van der Waals surface area contributed by atoms with Crippen molar-refractivity contribution in [2.45, 2.75) is 26.2 Å². The molecule has 2 amide bonds. The maximum Gasteiger partial charge on any atom is 0.276 e. The number of para-hydroxylation sites is 1. The quantitative estimate of drug-likeness (QED) is 0.375. The first-order chi connectivity index (χ1) is 13.5. The summed E-state index contributed by atoms with van der Waals surface area (Å²) in [7, 11) is 0. The molecule has 3 N–H and O–H groups in total. The molecule has 7 nitrogen and oxygen atoms in total. The van der Waals surface area contributed by atoms with Gasteiger partial charge in [-0.3, -0.25) is 25.8 Å². The SMILES string of the molecule is CCC(C)c1ccccc1OCC(=O)NNC(=S)NC(=O)C=Cc1ccco1. The lowest BCUT2D eigenvalue weighted by Crippen LogP contribution is -2.49. The first-order valence-electron chi connectivity index (χ1n) is 8.82. The van der Waals surface area contributed by atoms with Crippen LogP contribution < -0.4 is 20.9 Å². The van der Waals surface area contributed by atoms with Crippen LogP contribution in [0.15, 0.2) is 53.2 Å². The summed E-state index contributed by atoms with van der Waals surface area (Å²) in [5.74, 6) is 0.654. The second kappa shape index (κ2) is 10.9. The molecule has 1 aromatic heterocycles. The van der Waals surface area contributed by atoms with Crippen LogP contribution in [0.2, 0.25) is 0 Å². The Morgan fingerprint density at radius 3 is 2.71 bits per heavy atom. The van der Waals surface area contributed by atoms with E-state index in [4.69, 9.17) is 21.4 Å². The number of rotatable bonds is 7. The number of benzene rings is 1. The molecular formula is C20H23N3O4S. The van der Waals surface area contributed by atoms with Crippen LogP contribution in [0, 0.1) is 0 Å². The molecule has 0 aliphatic rings. The molecule has 0 saturated heterocycles. The van der Waals surface area contributed by atoms with Crippen molar-refractivity contribution in [1.82, 2.24) is 16.2 Å². The zero-order chi connectivity index (χ0) is 20.4. The number of nitrogens with one attached hydrogen (secondary N) is 3. The fourth-order valence-electron chi connectivity index (χ4n) is 2.27. The molecule has 0 fully saturated rings. The number of ether oxygens (including phenoxy) is 1. The smallest absolute Gasteiger partial charge is 0.276 e. The van der Waals surface area contributed by atoms with Crippen molar-refractivity contribution in [3.8, 4) is 5.75 Å². The maximum atomic E-state index is 11.9. The summed E-state index contributed by atoms with van der Waals surface area (Å²) < 4.78 is 10.7. The van der Waals surface area contributed by atoms with Crippen molar-refractivity contribution >= 4 is 35.2 Å². The second-order valence-corrected chi connectivity index (χ2v) is 6.38. The van der Waals surface area contributed by atoms with Gasteiger partial charge in [-0.2, -0.15) is 0 Å². The van der Waals surface area contributed by atoms with Crippen LogP contribution in [0.4, 0.5) is 0 Å².